The van der Waals surface area contributed by atoms with Crippen molar-refractivity contribution in [1.82, 2.24) is 23.4 Å². The SMILES string of the molecule is COc1ccc2c(c1)C=C(C(=O)N(C)[C@H](C(=O)N(C)C)C(C)C)Cn1c-2c(C2CCCCC2)c2ccc(C(=O)NS(=O)(=O)N(C)C)cc21. The van der Waals surface area contributed by atoms with Crippen molar-refractivity contribution in [2.75, 3.05) is 42.3 Å². The molecule has 1 aliphatic heterocycles. The number of benzene rings is 2. The maximum Gasteiger partial charge on any atom is 0.303 e. The number of ether oxygens (including phenoxy) is 1. The third-order valence-electron chi connectivity index (χ3n) is 9.59. The van der Waals surface area contributed by atoms with E-state index in [0.717, 1.165) is 57.7 Å². The predicted octanol–water partition coefficient (Wildman–Crippen LogP) is 4.87. The Balaban J connectivity index is 1.74. The van der Waals surface area contributed by atoms with Gasteiger partial charge in [-0.25, -0.2) is 4.72 Å². The molecule has 1 aromatic heterocycles. The number of rotatable bonds is 9. The van der Waals surface area contributed by atoms with E-state index in [9.17, 15) is 22.8 Å². The Morgan fingerprint density at radius 1 is 0.958 bits per heavy atom. The lowest BCUT2D eigenvalue weighted by atomic mass is 9.81. The Labute approximate surface area is 283 Å². The first-order chi connectivity index (χ1) is 22.7. The highest BCUT2D eigenvalue weighted by Crippen LogP contribution is 2.47. The van der Waals surface area contributed by atoms with Gasteiger partial charge < -0.3 is 19.1 Å². The number of hydrogen-bond donors (Lipinski definition) is 1. The van der Waals surface area contributed by atoms with Gasteiger partial charge in [0, 0.05) is 62.8 Å². The number of fused-ring (bicyclic) bond motifs is 5. The number of nitrogens with one attached hydrogen (secondary N) is 1. The molecule has 0 saturated heterocycles. The van der Waals surface area contributed by atoms with Crippen LogP contribution < -0.4 is 9.46 Å². The number of carbonyl (C=O) groups is 3. The summed E-state index contributed by atoms with van der Waals surface area (Å²) in [7, 11) is 5.34. The standard InChI is InChI=1S/C36H47N5O6S/c1-22(2)32(36(44)38(3)4)40(7)35(43)26-18-25-19-27(47-8)15-17-28(25)33-31(23-12-10-9-11-13-23)29-16-14-24(20-30(29)41(33)21-26)34(42)37-48(45,46)39(5)6/h14-20,22-23,32H,9-13,21H2,1-8H3,(H,37,42)/t32-/m0/s1. The van der Waals surface area contributed by atoms with Gasteiger partial charge in [-0.1, -0.05) is 39.2 Å². The molecule has 12 heteroatoms. The monoisotopic (exact) mass is 677 g/mol. The van der Waals surface area contributed by atoms with E-state index in [1.807, 2.05) is 44.2 Å². The Kier molecular flexibility index (Phi) is 10.1. The molecule has 0 spiro atoms. The summed E-state index contributed by atoms with van der Waals surface area (Å²) in [5, 5.41) is 0.968. The first kappa shape index (κ1) is 35.2. The molecule has 5 rings (SSSR count). The number of amides is 3. The number of aromatic nitrogens is 1. The number of nitrogens with zero attached hydrogens (tertiary/aromatic N) is 4. The molecule has 2 aliphatic rings. The van der Waals surface area contributed by atoms with Crippen molar-refractivity contribution in [2.24, 2.45) is 5.92 Å². The Morgan fingerprint density at radius 2 is 1.65 bits per heavy atom. The van der Waals surface area contributed by atoms with Crippen molar-refractivity contribution < 1.29 is 27.5 Å². The van der Waals surface area contributed by atoms with Crippen molar-refractivity contribution >= 4 is 44.9 Å². The highest BCUT2D eigenvalue weighted by molar-refractivity contribution is 7.87. The molecule has 1 aliphatic carbocycles. The van der Waals surface area contributed by atoms with E-state index >= 15 is 0 Å². The zero-order valence-corrected chi connectivity index (χ0v) is 30.0. The molecule has 2 aromatic carbocycles. The van der Waals surface area contributed by atoms with Crippen molar-refractivity contribution in [1.29, 1.82) is 0 Å². The molecule has 0 radical (unpaired) electrons. The van der Waals surface area contributed by atoms with Crippen LogP contribution in [-0.4, -0.2) is 93.2 Å². The fourth-order valence-electron chi connectivity index (χ4n) is 7.10. The van der Waals surface area contributed by atoms with Crippen LogP contribution in [-0.2, 0) is 26.3 Å². The summed E-state index contributed by atoms with van der Waals surface area (Å²) in [6.07, 6.45) is 7.32. The lowest BCUT2D eigenvalue weighted by Gasteiger charge is -2.32. The van der Waals surface area contributed by atoms with Gasteiger partial charge >= 0.3 is 10.2 Å². The molecular formula is C36H47N5O6S. The second-order valence-corrected chi connectivity index (χ2v) is 15.5. The zero-order valence-electron chi connectivity index (χ0n) is 29.2. The van der Waals surface area contributed by atoms with Crippen LogP contribution in [0.2, 0.25) is 0 Å². The van der Waals surface area contributed by atoms with Crippen LogP contribution in [0.15, 0.2) is 42.0 Å². The molecular weight excluding hydrogens is 630 g/mol. The third-order valence-corrected chi connectivity index (χ3v) is 11.0. The average Bonchev–Trinajstić information content (AvgIpc) is 3.26. The maximum absolute atomic E-state index is 14.4. The molecule has 1 fully saturated rings. The largest absolute Gasteiger partial charge is 0.497 e. The second kappa shape index (κ2) is 13.8. The average molecular weight is 678 g/mol. The molecule has 1 atom stereocenters. The van der Waals surface area contributed by atoms with Crippen LogP contribution in [0.3, 0.4) is 0 Å². The third kappa shape index (κ3) is 6.60. The first-order valence-corrected chi connectivity index (χ1v) is 17.9. The lowest BCUT2D eigenvalue weighted by molar-refractivity contribution is -0.142. The minimum absolute atomic E-state index is 0.131. The van der Waals surface area contributed by atoms with Gasteiger partial charge in [-0.2, -0.15) is 12.7 Å². The zero-order chi connectivity index (χ0) is 35.1. The van der Waals surface area contributed by atoms with E-state index in [1.165, 1.54) is 35.9 Å². The van der Waals surface area contributed by atoms with Gasteiger partial charge in [-0.15, -0.1) is 0 Å². The maximum atomic E-state index is 14.4. The highest BCUT2D eigenvalue weighted by Gasteiger charge is 2.35. The van der Waals surface area contributed by atoms with Crippen molar-refractivity contribution in [3.8, 4) is 17.0 Å². The molecule has 1 N–H and O–H groups in total. The van der Waals surface area contributed by atoms with Crippen LogP contribution >= 0.6 is 0 Å². The van der Waals surface area contributed by atoms with Crippen molar-refractivity contribution in [2.45, 2.75) is 64.5 Å². The van der Waals surface area contributed by atoms with E-state index in [4.69, 9.17) is 4.74 Å². The molecule has 0 bridgehead atoms. The molecule has 3 amide bonds. The van der Waals surface area contributed by atoms with Gasteiger partial charge in [0.2, 0.25) is 5.91 Å². The number of methoxy groups -OCH3 is 1. The summed E-state index contributed by atoms with van der Waals surface area (Å²) in [5.41, 5.74) is 5.29. The van der Waals surface area contributed by atoms with Gasteiger partial charge in [-0.05, 0) is 72.2 Å². The van der Waals surface area contributed by atoms with E-state index in [1.54, 1.807) is 40.4 Å². The number of likely N-dealkylation sites (N-methyl/N-ethyl adjacent to an activating group) is 2. The molecule has 258 valence electrons. The molecule has 11 nitrogen and oxygen atoms in total. The lowest BCUT2D eigenvalue weighted by Crippen LogP contribution is -2.50. The normalized spacial score (nSPS) is 15.8. The van der Waals surface area contributed by atoms with Gasteiger partial charge in [-0.3, -0.25) is 14.4 Å². The van der Waals surface area contributed by atoms with E-state index in [-0.39, 0.29) is 35.8 Å². The quantitative estimate of drug-likeness (QED) is 0.345. The van der Waals surface area contributed by atoms with Crippen LogP contribution in [0.1, 0.15) is 73.4 Å². The summed E-state index contributed by atoms with van der Waals surface area (Å²) in [6.45, 7) is 4.03. The van der Waals surface area contributed by atoms with Crippen LogP contribution in [0, 0.1) is 5.92 Å². The van der Waals surface area contributed by atoms with E-state index < -0.39 is 22.2 Å². The predicted molar refractivity (Wildman–Crippen MR) is 188 cm³/mol. The number of carbonyl (C=O) groups excluding carboxylic acids is 3. The summed E-state index contributed by atoms with van der Waals surface area (Å²) in [5.74, 6) is -0.396. The Morgan fingerprint density at radius 3 is 2.25 bits per heavy atom. The molecule has 2 heterocycles. The van der Waals surface area contributed by atoms with Crippen molar-refractivity contribution in [3.63, 3.8) is 0 Å². The van der Waals surface area contributed by atoms with Crippen LogP contribution in [0.25, 0.3) is 28.2 Å². The van der Waals surface area contributed by atoms with Gasteiger partial charge in [0.25, 0.3) is 11.8 Å². The summed E-state index contributed by atoms with van der Waals surface area (Å²) in [4.78, 5) is 44.0. The minimum Gasteiger partial charge on any atom is -0.497 e. The highest BCUT2D eigenvalue weighted by atomic mass is 32.2. The number of hydrogen-bond acceptors (Lipinski definition) is 6. The molecule has 3 aromatic rings. The molecule has 48 heavy (non-hydrogen) atoms. The van der Waals surface area contributed by atoms with E-state index in [2.05, 4.69) is 9.29 Å². The summed E-state index contributed by atoms with van der Waals surface area (Å²) < 4.78 is 35.8. The van der Waals surface area contributed by atoms with Crippen molar-refractivity contribution in [3.05, 3.63) is 58.7 Å². The fourth-order valence-corrected chi connectivity index (χ4v) is 7.63. The summed E-state index contributed by atoms with van der Waals surface area (Å²) >= 11 is 0. The van der Waals surface area contributed by atoms with E-state index in [0.29, 0.717) is 11.3 Å². The Hall–Kier alpha value is -4.16. The molecule has 1 saturated carbocycles. The van der Waals surface area contributed by atoms with Crippen LogP contribution in [0.4, 0.5) is 0 Å². The minimum atomic E-state index is -4.01. The second-order valence-electron chi connectivity index (χ2n) is 13.6. The smallest absolute Gasteiger partial charge is 0.303 e. The first-order valence-electron chi connectivity index (χ1n) is 16.4. The summed E-state index contributed by atoms with van der Waals surface area (Å²) in [6, 6.07) is 10.5. The Bertz CT molecular complexity index is 1890. The van der Waals surface area contributed by atoms with Gasteiger partial charge in [0.05, 0.1) is 19.3 Å². The van der Waals surface area contributed by atoms with Gasteiger partial charge in [0.1, 0.15) is 11.8 Å². The van der Waals surface area contributed by atoms with Crippen LogP contribution in [0.5, 0.6) is 5.75 Å². The topological polar surface area (TPSA) is 121 Å². The van der Waals surface area contributed by atoms with Gasteiger partial charge in [0.15, 0.2) is 0 Å². The molecule has 0 unspecified atom stereocenters. The fraction of sp³-hybridized carbons (Fsp3) is 0.472.